The molecule has 0 amide bonds. The number of nitrogens with zero attached hydrogens (tertiary/aromatic N) is 7. The number of anilines is 1. The SMILES string of the molecule is COc1cnc2c(NCc3nnc4ccc(-c5cc(C)on5)nn34)ccnc2c1. The minimum atomic E-state index is 0.405. The van der Waals surface area contributed by atoms with Gasteiger partial charge in [0.25, 0.3) is 0 Å². The van der Waals surface area contributed by atoms with Crippen LogP contribution in [-0.2, 0) is 6.54 Å². The third-order valence-electron chi connectivity index (χ3n) is 4.44. The molecule has 0 spiro atoms. The van der Waals surface area contributed by atoms with Gasteiger partial charge < -0.3 is 14.6 Å². The van der Waals surface area contributed by atoms with Gasteiger partial charge >= 0.3 is 0 Å². The molecule has 0 atom stereocenters. The highest BCUT2D eigenvalue weighted by molar-refractivity contribution is 5.87. The fourth-order valence-corrected chi connectivity index (χ4v) is 3.01. The highest BCUT2D eigenvalue weighted by atomic mass is 16.5. The molecule has 10 nitrogen and oxygen atoms in total. The van der Waals surface area contributed by atoms with Crippen LogP contribution in [0.4, 0.5) is 5.69 Å². The maximum atomic E-state index is 5.21. The number of ether oxygens (including phenoxy) is 1. The van der Waals surface area contributed by atoms with Crippen LogP contribution in [0.15, 0.2) is 47.2 Å². The van der Waals surface area contributed by atoms with Gasteiger partial charge in [-0.1, -0.05) is 5.16 Å². The Morgan fingerprint density at radius 1 is 1.10 bits per heavy atom. The molecular weight excluding hydrogens is 372 g/mol. The molecule has 29 heavy (non-hydrogen) atoms. The molecule has 5 aromatic rings. The minimum Gasteiger partial charge on any atom is -0.495 e. The van der Waals surface area contributed by atoms with E-state index >= 15 is 0 Å². The number of methoxy groups -OCH3 is 1. The Morgan fingerprint density at radius 2 is 2.03 bits per heavy atom. The summed E-state index contributed by atoms with van der Waals surface area (Å²) in [4.78, 5) is 8.79. The monoisotopic (exact) mass is 388 g/mol. The molecule has 0 aliphatic carbocycles. The molecule has 5 aromatic heterocycles. The number of pyridine rings is 2. The second kappa shape index (κ2) is 6.82. The van der Waals surface area contributed by atoms with E-state index in [0.29, 0.717) is 35.2 Å². The van der Waals surface area contributed by atoms with Gasteiger partial charge in [-0.05, 0) is 25.1 Å². The molecule has 5 rings (SSSR count). The largest absolute Gasteiger partial charge is 0.495 e. The van der Waals surface area contributed by atoms with Crippen LogP contribution in [0.5, 0.6) is 5.75 Å². The van der Waals surface area contributed by atoms with Gasteiger partial charge in [-0.25, -0.2) is 4.98 Å². The first-order valence-corrected chi connectivity index (χ1v) is 8.89. The van der Waals surface area contributed by atoms with Gasteiger partial charge in [-0.2, -0.15) is 9.61 Å². The topological polar surface area (TPSA) is 116 Å². The summed E-state index contributed by atoms with van der Waals surface area (Å²) in [6.45, 7) is 2.24. The van der Waals surface area contributed by atoms with Crippen molar-refractivity contribution in [2.24, 2.45) is 0 Å². The first-order chi connectivity index (χ1) is 14.2. The first kappa shape index (κ1) is 17.0. The van der Waals surface area contributed by atoms with Crippen molar-refractivity contribution in [2.75, 3.05) is 12.4 Å². The van der Waals surface area contributed by atoms with Crippen LogP contribution in [-0.4, -0.2) is 42.0 Å². The summed E-state index contributed by atoms with van der Waals surface area (Å²) >= 11 is 0. The molecule has 0 aliphatic heterocycles. The van der Waals surface area contributed by atoms with Gasteiger partial charge in [0.2, 0.25) is 0 Å². The van der Waals surface area contributed by atoms with Crippen molar-refractivity contribution in [3.63, 3.8) is 0 Å². The summed E-state index contributed by atoms with van der Waals surface area (Å²) in [5.41, 5.74) is 4.30. The maximum absolute atomic E-state index is 5.21. The first-order valence-electron chi connectivity index (χ1n) is 8.89. The van der Waals surface area contributed by atoms with Crippen molar-refractivity contribution in [1.82, 2.24) is 34.9 Å². The van der Waals surface area contributed by atoms with Gasteiger partial charge in [0, 0.05) is 18.3 Å². The predicted octanol–water partition coefficient (Wildman–Crippen LogP) is 2.65. The fourth-order valence-electron chi connectivity index (χ4n) is 3.01. The number of nitrogens with one attached hydrogen (secondary N) is 1. The Hall–Kier alpha value is -4.08. The van der Waals surface area contributed by atoms with Crippen molar-refractivity contribution in [1.29, 1.82) is 0 Å². The van der Waals surface area contributed by atoms with E-state index in [2.05, 4.69) is 35.7 Å². The summed E-state index contributed by atoms with van der Waals surface area (Å²) < 4.78 is 12.0. The lowest BCUT2D eigenvalue weighted by Crippen LogP contribution is -2.07. The van der Waals surface area contributed by atoms with Gasteiger partial charge in [-0.3, -0.25) is 4.98 Å². The third-order valence-corrected chi connectivity index (χ3v) is 4.44. The highest BCUT2D eigenvalue weighted by Crippen LogP contribution is 2.23. The quantitative estimate of drug-likeness (QED) is 0.485. The molecule has 0 aliphatic rings. The maximum Gasteiger partial charge on any atom is 0.178 e. The minimum absolute atomic E-state index is 0.405. The van der Waals surface area contributed by atoms with Gasteiger partial charge in [0.1, 0.15) is 28.4 Å². The number of hydrogen-bond acceptors (Lipinski definition) is 9. The van der Waals surface area contributed by atoms with E-state index in [0.717, 1.165) is 22.5 Å². The molecule has 0 fully saturated rings. The lowest BCUT2D eigenvalue weighted by atomic mass is 10.2. The summed E-state index contributed by atoms with van der Waals surface area (Å²) in [6, 6.07) is 9.22. The molecule has 10 heteroatoms. The number of fused-ring (bicyclic) bond motifs is 2. The Bertz CT molecular complexity index is 1330. The van der Waals surface area contributed by atoms with Crippen LogP contribution < -0.4 is 10.1 Å². The van der Waals surface area contributed by atoms with E-state index in [9.17, 15) is 0 Å². The van der Waals surface area contributed by atoms with E-state index in [4.69, 9.17) is 9.26 Å². The summed E-state index contributed by atoms with van der Waals surface area (Å²) in [5.74, 6) is 2.03. The van der Waals surface area contributed by atoms with Crippen LogP contribution >= 0.6 is 0 Å². The van der Waals surface area contributed by atoms with E-state index in [1.807, 2.05) is 37.3 Å². The Labute approximate surface area is 164 Å². The Kier molecular flexibility index (Phi) is 4.01. The second-order valence-electron chi connectivity index (χ2n) is 6.38. The smallest absolute Gasteiger partial charge is 0.178 e. The van der Waals surface area contributed by atoms with Crippen LogP contribution in [0.2, 0.25) is 0 Å². The summed E-state index contributed by atoms with van der Waals surface area (Å²) in [7, 11) is 1.60. The molecule has 0 unspecified atom stereocenters. The second-order valence-corrected chi connectivity index (χ2v) is 6.38. The zero-order valence-electron chi connectivity index (χ0n) is 15.7. The molecule has 0 saturated carbocycles. The lowest BCUT2D eigenvalue weighted by molar-refractivity contribution is 0.399. The summed E-state index contributed by atoms with van der Waals surface area (Å²) in [5, 5.41) is 20.4. The number of rotatable bonds is 5. The van der Waals surface area contributed by atoms with E-state index in [1.165, 1.54) is 0 Å². The standard InChI is InChI=1S/C19H16N8O2/c1-11-7-15(26-29-11)13-3-4-17-23-24-18(27(17)25-13)10-21-14-5-6-20-16-8-12(28-2)9-22-19(14)16/h3-9H,10H2,1-2H3,(H,20,21). The molecule has 5 heterocycles. The van der Waals surface area contributed by atoms with E-state index in [-0.39, 0.29) is 0 Å². The summed E-state index contributed by atoms with van der Waals surface area (Å²) in [6.07, 6.45) is 3.38. The zero-order valence-corrected chi connectivity index (χ0v) is 15.7. The molecule has 0 bridgehead atoms. The number of aryl methyl sites for hydroxylation is 1. The predicted molar refractivity (Wildman–Crippen MR) is 104 cm³/mol. The van der Waals surface area contributed by atoms with Crippen molar-refractivity contribution in [3.05, 3.63) is 54.3 Å². The van der Waals surface area contributed by atoms with Crippen LogP contribution in [0.3, 0.4) is 0 Å². The Morgan fingerprint density at radius 3 is 2.86 bits per heavy atom. The van der Waals surface area contributed by atoms with Crippen molar-refractivity contribution >= 4 is 22.4 Å². The van der Waals surface area contributed by atoms with E-state index in [1.54, 1.807) is 24.0 Å². The molecule has 0 saturated heterocycles. The van der Waals surface area contributed by atoms with Crippen LogP contribution in [0.1, 0.15) is 11.6 Å². The molecule has 144 valence electrons. The highest BCUT2D eigenvalue weighted by Gasteiger charge is 2.12. The molecule has 0 aromatic carbocycles. The molecular formula is C19H16N8O2. The van der Waals surface area contributed by atoms with Crippen molar-refractivity contribution in [3.8, 4) is 17.1 Å². The van der Waals surface area contributed by atoms with Crippen LogP contribution in [0, 0.1) is 6.92 Å². The van der Waals surface area contributed by atoms with Crippen molar-refractivity contribution in [2.45, 2.75) is 13.5 Å². The lowest BCUT2D eigenvalue weighted by Gasteiger charge is -2.08. The zero-order chi connectivity index (χ0) is 19.8. The van der Waals surface area contributed by atoms with Crippen molar-refractivity contribution < 1.29 is 9.26 Å². The van der Waals surface area contributed by atoms with Gasteiger partial charge in [0.05, 0.1) is 31.1 Å². The molecule has 1 N–H and O–H groups in total. The van der Waals surface area contributed by atoms with E-state index < -0.39 is 0 Å². The van der Waals surface area contributed by atoms with Crippen LogP contribution in [0.25, 0.3) is 28.1 Å². The number of hydrogen-bond donors (Lipinski definition) is 1. The number of aromatic nitrogens is 7. The van der Waals surface area contributed by atoms with Gasteiger partial charge in [-0.15, -0.1) is 10.2 Å². The Balaban J connectivity index is 1.46. The third kappa shape index (κ3) is 3.10. The average Bonchev–Trinajstić information content (AvgIpc) is 3.37. The normalized spacial score (nSPS) is 11.2. The van der Waals surface area contributed by atoms with Gasteiger partial charge in [0.15, 0.2) is 11.5 Å². The molecule has 0 radical (unpaired) electrons. The average molecular weight is 388 g/mol. The fraction of sp³-hybridized carbons (Fsp3) is 0.158.